The number of nitro benzene ring substituents is 1. The SMILES string of the molecule is Cc1c(CN2C3CCCC2CC(N)C3)cccc1[N+](=O)[O-]. The van der Waals surface area contributed by atoms with E-state index in [1.54, 1.807) is 12.1 Å². The van der Waals surface area contributed by atoms with Crippen molar-refractivity contribution in [2.45, 2.75) is 63.7 Å². The minimum atomic E-state index is -0.286. The molecule has 21 heavy (non-hydrogen) atoms. The molecule has 2 fully saturated rings. The first kappa shape index (κ1) is 14.5. The highest BCUT2D eigenvalue weighted by Gasteiger charge is 2.37. The minimum Gasteiger partial charge on any atom is -0.328 e. The van der Waals surface area contributed by atoms with Gasteiger partial charge in [-0.2, -0.15) is 0 Å². The minimum absolute atomic E-state index is 0.228. The Morgan fingerprint density at radius 3 is 2.62 bits per heavy atom. The van der Waals surface area contributed by atoms with Gasteiger partial charge >= 0.3 is 0 Å². The number of hydrogen-bond acceptors (Lipinski definition) is 4. The summed E-state index contributed by atoms with van der Waals surface area (Å²) in [5.74, 6) is 0. The Balaban J connectivity index is 1.83. The fourth-order valence-corrected chi connectivity index (χ4v) is 4.01. The predicted octanol–water partition coefficient (Wildman–Crippen LogP) is 2.75. The van der Waals surface area contributed by atoms with Gasteiger partial charge < -0.3 is 5.73 Å². The average Bonchev–Trinajstić information content (AvgIpc) is 2.41. The Labute approximate surface area is 125 Å². The van der Waals surface area contributed by atoms with Crippen LogP contribution in [0.1, 0.15) is 43.2 Å². The van der Waals surface area contributed by atoms with Crippen molar-refractivity contribution < 1.29 is 4.92 Å². The molecule has 0 aromatic heterocycles. The summed E-state index contributed by atoms with van der Waals surface area (Å²) in [4.78, 5) is 13.3. The van der Waals surface area contributed by atoms with E-state index < -0.39 is 0 Å². The molecule has 2 saturated heterocycles. The maximum absolute atomic E-state index is 11.1. The van der Waals surface area contributed by atoms with Crippen LogP contribution in [0.2, 0.25) is 0 Å². The molecular formula is C16H23N3O2. The second-order valence-corrected chi connectivity index (χ2v) is 6.46. The van der Waals surface area contributed by atoms with Gasteiger partial charge in [0.25, 0.3) is 5.69 Å². The Bertz CT molecular complexity index is 532. The highest BCUT2D eigenvalue weighted by Crippen LogP contribution is 2.35. The van der Waals surface area contributed by atoms with E-state index in [1.165, 1.54) is 19.3 Å². The van der Waals surface area contributed by atoms with E-state index in [9.17, 15) is 10.1 Å². The van der Waals surface area contributed by atoms with E-state index in [1.807, 2.05) is 13.0 Å². The van der Waals surface area contributed by atoms with Gasteiger partial charge in [-0.25, -0.2) is 0 Å². The number of benzene rings is 1. The molecule has 2 N–H and O–H groups in total. The summed E-state index contributed by atoms with van der Waals surface area (Å²) in [7, 11) is 0. The van der Waals surface area contributed by atoms with Crippen molar-refractivity contribution in [2.24, 2.45) is 5.73 Å². The summed E-state index contributed by atoms with van der Waals surface area (Å²) in [6.07, 6.45) is 5.82. The van der Waals surface area contributed by atoms with E-state index in [0.717, 1.165) is 30.5 Å². The molecule has 2 aliphatic rings. The van der Waals surface area contributed by atoms with Gasteiger partial charge in [0.2, 0.25) is 0 Å². The molecule has 2 aliphatic heterocycles. The Morgan fingerprint density at radius 1 is 1.33 bits per heavy atom. The number of nitrogens with two attached hydrogens (primary N) is 1. The lowest BCUT2D eigenvalue weighted by atomic mass is 9.81. The van der Waals surface area contributed by atoms with Crippen LogP contribution in [0, 0.1) is 17.0 Å². The van der Waals surface area contributed by atoms with Gasteiger partial charge in [0, 0.05) is 36.3 Å². The second kappa shape index (κ2) is 5.73. The molecule has 114 valence electrons. The number of hydrogen-bond donors (Lipinski definition) is 1. The number of nitro groups is 1. The van der Waals surface area contributed by atoms with Crippen LogP contribution < -0.4 is 5.73 Å². The zero-order valence-corrected chi connectivity index (χ0v) is 12.5. The highest BCUT2D eigenvalue weighted by atomic mass is 16.6. The van der Waals surface area contributed by atoms with Gasteiger partial charge in [-0.05, 0) is 38.2 Å². The first-order chi connectivity index (χ1) is 10.1. The van der Waals surface area contributed by atoms with E-state index in [-0.39, 0.29) is 10.6 Å². The third kappa shape index (κ3) is 2.80. The topological polar surface area (TPSA) is 72.4 Å². The molecule has 1 aromatic rings. The molecule has 2 bridgehead atoms. The third-order valence-electron chi connectivity index (χ3n) is 5.13. The molecule has 0 amide bonds. The monoisotopic (exact) mass is 289 g/mol. The van der Waals surface area contributed by atoms with Crippen LogP contribution >= 0.6 is 0 Å². The molecule has 2 atom stereocenters. The van der Waals surface area contributed by atoms with Gasteiger partial charge in [-0.15, -0.1) is 0 Å². The zero-order valence-electron chi connectivity index (χ0n) is 12.5. The van der Waals surface area contributed by atoms with Crippen LogP contribution in [0.5, 0.6) is 0 Å². The van der Waals surface area contributed by atoms with Crippen LogP contribution in [0.4, 0.5) is 5.69 Å². The zero-order chi connectivity index (χ0) is 15.0. The molecule has 2 unspecified atom stereocenters. The first-order valence-electron chi connectivity index (χ1n) is 7.80. The van der Waals surface area contributed by atoms with Gasteiger partial charge in [0.1, 0.15) is 0 Å². The van der Waals surface area contributed by atoms with Crippen LogP contribution in [-0.4, -0.2) is 27.9 Å². The van der Waals surface area contributed by atoms with Crippen molar-refractivity contribution in [3.05, 3.63) is 39.4 Å². The van der Waals surface area contributed by atoms with E-state index >= 15 is 0 Å². The van der Waals surface area contributed by atoms with E-state index in [0.29, 0.717) is 18.1 Å². The lowest BCUT2D eigenvalue weighted by Gasteiger charge is -2.48. The summed E-state index contributed by atoms with van der Waals surface area (Å²) >= 11 is 0. The Hall–Kier alpha value is -1.46. The molecule has 0 spiro atoms. The van der Waals surface area contributed by atoms with Crippen LogP contribution in [0.25, 0.3) is 0 Å². The fourth-order valence-electron chi connectivity index (χ4n) is 4.01. The van der Waals surface area contributed by atoms with Crippen molar-refractivity contribution in [2.75, 3.05) is 0 Å². The molecular weight excluding hydrogens is 266 g/mol. The standard InChI is InChI=1S/C16H23N3O2/c1-11-12(4-2-7-16(11)19(20)21)10-18-14-5-3-6-15(18)9-13(17)8-14/h2,4,7,13-15H,3,5-6,8-10,17H2,1H3. The predicted molar refractivity (Wildman–Crippen MR) is 82.0 cm³/mol. The number of nitrogens with zero attached hydrogens (tertiary/aromatic N) is 2. The quantitative estimate of drug-likeness (QED) is 0.686. The maximum Gasteiger partial charge on any atom is 0.272 e. The highest BCUT2D eigenvalue weighted by molar-refractivity contribution is 5.44. The number of piperidine rings is 2. The molecule has 5 heteroatoms. The van der Waals surface area contributed by atoms with Gasteiger partial charge in [0.05, 0.1) is 4.92 Å². The van der Waals surface area contributed by atoms with Crippen LogP contribution in [0.15, 0.2) is 18.2 Å². The van der Waals surface area contributed by atoms with E-state index in [2.05, 4.69) is 4.90 Å². The largest absolute Gasteiger partial charge is 0.328 e. The average molecular weight is 289 g/mol. The van der Waals surface area contributed by atoms with Crippen molar-refractivity contribution >= 4 is 5.69 Å². The molecule has 0 saturated carbocycles. The molecule has 5 nitrogen and oxygen atoms in total. The van der Waals surface area contributed by atoms with Crippen molar-refractivity contribution in [3.8, 4) is 0 Å². The molecule has 2 heterocycles. The smallest absolute Gasteiger partial charge is 0.272 e. The first-order valence-corrected chi connectivity index (χ1v) is 7.80. The lowest BCUT2D eigenvalue weighted by molar-refractivity contribution is -0.385. The van der Waals surface area contributed by atoms with Crippen molar-refractivity contribution in [3.63, 3.8) is 0 Å². The molecule has 3 rings (SSSR count). The Morgan fingerprint density at radius 2 is 2.00 bits per heavy atom. The van der Waals surface area contributed by atoms with Gasteiger partial charge in [0.15, 0.2) is 0 Å². The molecule has 1 aromatic carbocycles. The van der Waals surface area contributed by atoms with Crippen LogP contribution in [-0.2, 0) is 6.54 Å². The summed E-state index contributed by atoms with van der Waals surface area (Å²) < 4.78 is 0. The number of fused-ring (bicyclic) bond motifs is 2. The Kier molecular flexibility index (Phi) is 3.95. The fraction of sp³-hybridized carbons (Fsp3) is 0.625. The van der Waals surface area contributed by atoms with Crippen molar-refractivity contribution in [1.82, 2.24) is 4.90 Å². The van der Waals surface area contributed by atoms with E-state index in [4.69, 9.17) is 5.73 Å². The number of rotatable bonds is 3. The normalized spacial score (nSPS) is 29.3. The summed E-state index contributed by atoms with van der Waals surface area (Å²) in [6, 6.07) is 6.82. The summed E-state index contributed by atoms with van der Waals surface area (Å²) in [5, 5.41) is 11.1. The summed E-state index contributed by atoms with van der Waals surface area (Å²) in [6.45, 7) is 2.68. The molecule has 0 aliphatic carbocycles. The summed E-state index contributed by atoms with van der Waals surface area (Å²) in [5.41, 5.74) is 8.27. The van der Waals surface area contributed by atoms with Crippen molar-refractivity contribution in [1.29, 1.82) is 0 Å². The van der Waals surface area contributed by atoms with Gasteiger partial charge in [-0.1, -0.05) is 18.6 Å². The third-order valence-corrected chi connectivity index (χ3v) is 5.13. The second-order valence-electron chi connectivity index (χ2n) is 6.46. The van der Waals surface area contributed by atoms with Crippen LogP contribution in [0.3, 0.4) is 0 Å². The van der Waals surface area contributed by atoms with Gasteiger partial charge in [-0.3, -0.25) is 15.0 Å². The maximum atomic E-state index is 11.1. The lowest BCUT2D eigenvalue weighted by Crippen LogP contribution is -2.54. The molecule has 0 radical (unpaired) electrons.